The predicted octanol–water partition coefficient (Wildman–Crippen LogP) is 1.04. The van der Waals surface area contributed by atoms with E-state index in [2.05, 4.69) is 30.7 Å². The Hall–Kier alpha value is 0.130. The maximum atomic E-state index is 5.95. The number of morpholine rings is 2. The van der Waals surface area contributed by atoms with Crippen molar-refractivity contribution in [2.24, 2.45) is 0 Å². The lowest BCUT2D eigenvalue weighted by atomic mass is 10.0. The van der Waals surface area contributed by atoms with E-state index in [1.54, 1.807) is 0 Å². The van der Waals surface area contributed by atoms with Gasteiger partial charge in [0.25, 0.3) is 0 Å². The number of likely N-dealkylation sites (N-methyl/N-ethyl adjacent to an activating group) is 1. The van der Waals surface area contributed by atoms with Gasteiger partial charge in [-0.05, 0) is 20.9 Å². The van der Waals surface area contributed by atoms with Crippen LogP contribution < -0.4 is 0 Å². The van der Waals surface area contributed by atoms with Gasteiger partial charge in [0.15, 0.2) is 0 Å². The van der Waals surface area contributed by atoms with Gasteiger partial charge in [-0.25, -0.2) is 0 Å². The number of halogens is 1. The summed E-state index contributed by atoms with van der Waals surface area (Å²) in [6.45, 7) is 10.00. The van der Waals surface area contributed by atoms with Crippen molar-refractivity contribution in [3.63, 3.8) is 0 Å². The first-order valence-corrected chi connectivity index (χ1v) is 7.28. The molecule has 0 aromatic rings. The average Bonchev–Trinajstić information content (AvgIpc) is 2.26. The highest BCUT2D eigenvalue weighted by Gasteiger charge is 2.34. The van der Waals surface area contributed by atoms with E-state index >= 15 is 0 Å². The van der Waals surface area contributed by atoms with Crippen molar-refractivity contribution < 1.29 is 9.47 Å². The van der Waals surface area contributed by atoms with Gasteiger partial charge in [-0.15, -0.1) is 11.6 Å². The lowest BCUT2D eigenvalue weighted by Gasteiger charge is -2.44. The van der Waals surface area contributed by atoms with E-state index in [4.69, 9.17) is 21.1 Å². The quantitative estimate of drug-likeness (QED) is 0.719. The lowest BCUT2D eigenvalue weighted by Crippen LogP contribution is -2.56. The molecule has 18 heavy (non-hydrogen) atoms. The molecule has 2 unspecified atom stereocenters. The van der Waals surface area contributed by atoms with Crippen LogP contribution in [0.1, 0.15) is 13.8 Å². The second-order valence-electron chi connectivity index (χ2n) is 6.10. The zero-order valence-electron chi connectivity index (χ0n) is 11.7. The van der Waals surface area contributed by atoms with E-state index in [9.17, 15) is 0 Å². The molecule has 2 atom stereocenters. The van der Waals surface area contributed by atoms with Gasteiger partial charge >= 0.3 is 0 Å². The Labute approximate surface area is 115 Å². The smallest absolute Gasteiger partial charge is 0.0844 e. The first-order chi connectivity index (χ1) is 8.48. The number of ether oxygens (including phenoxy) is 2. The summed E-state index contributed by atoms with van der Waals surface area (Å²) in [6.07, 6.45) is 0.449. The van der Waals surface area contributed by atoms with Gasteiger partial charge in [0.1, 0.15) is 0 Å². The molecule has 2 aliphatic heterocycles. The molecule has 2 rings (SSSR count). The third kappa shape index (κ3) is 4.07. The van der Waals surface area contributed by atoms with Gasteiger partial charge in [0.05, 0.1) is 24.4 Å². The van der Waals surface area contributed by atoms with E-state index in [1.807, 2.05) is 0 Å². The Morgan fingerprint density at radius 2 is 2.06 bits per heavy atom. The second kappa shape index (κ2) is 6.06. The molecule has 2 heterocycles. The fourth-order valence-corrected chi connectivity index (χ4v) is 3.06. The summed E-state index contributed by atoms with van der Waals surface area (Å²) in [4.78, 5) is 4.76. The van der Waals surface area contributed by atoms with Gasteiger partial charge in [0, 0.05) is 38.6 Å². The maximum Gasteiger partial charge on any atom is 0.0844 e. The van der Waals surface area contributed by atoms with Crippen LogP contribution in [-0.4, -0.2) is 79.9 Å². The third-order valence-electron chi connectivity index (χ3n) is 3.53. The zero-order valence-corrected chi connectivity index (χ0v) is 12.4. The van der Waals surface area contributed by atoms with Gasteiger partial charge in [-0.1, -0.05) is 0 Å². The molecular formula is C13H25ClN2O2. The van der Waals surface area contributed by atoms with Gasteiger partial charge in [0.2, 0.25) is 0 Å². The highest BCUT2D eigenvalue weighted by molar-refractivity contribution is 6.18. The van der Waals surface area contributed by atoms with Crippen molar-refractivity contribution in [1.29, 1.82) is 0 Å². The molecule has 0 spiro atoms. The molecule has 2 fully saturated rings. The Balaban J connectivity index is 1.87. The SMILES string of the molecule is CN1CCOC(CN2CC(CCl)OC(C)(C)C2)C1. The number of alkyl halides is 1. The molecule has 106 valence electrons. The summed E-state index contributed by atoms with van der Waals surface area (Å²) in [5.74, 6) is 0.561. The molecule has 0 aliphatic carbocycles. The fourth-order valence-electron chi connectivity index (χ4n) is 2.90. The van der Waals surface area contributed by atoms with E-state index < -0.39 is 0 Å². The minimum absolute atomic E-state index is 0.113. The van der Waals surface area contributed by atoms with Crippen molar-refractivity contribution >= 4 is 11.6 Å². The Morgan fingerprint density at radius 3 is 2.72 bits per heavy atom. The summed E-state index contributed by atoms with van der Waals surface area (Å²) in [5, 5.41) is 0. The molecule has 2 aliphatic rings. The maximum absolute atomic E-state index is 5.95. The standard InChI is InChI=1S/C13H25ClN2O2/c1-13(2)10-16(8-11(6-14)18-13)9-12-7-15(3)4-5-17-12/h11-12H,4-10H2,1-3H3. The molecule has 0 aromatic carbocycles. The van der Waals surface area contributed by atoms with Crippen molar-refractivity contribution in [3.05, 3.63) is 0 Å². The van der Waals surface area contributed by atoms with Gasteiger partial charge < -0.3 is 14.4 Å². The minimum Gasteiger partial charge on any atom is -0.374 e. The van der Waals surface area contributed by atoms with Crippen LogP contribution in [0, 0.1) is 0 Å². The van der Waals surface area contributed by atoms with Gasteiger partial charge in [-0.3, -0.25) is 4.90 Å². The van der Waals surface area contributed by atoms with E-state index in [-0.39, 0.29) is 11.7 Å². The summed E-state index contributed by atoms with van der Waals surface area (Å²) in [7, 11) is 2.15. The lowest BCUT2D eigenvalue weighted by molar-refractivity contribution is -0.138. The van der Waals surface area contributed by atoms with Crippen LogP contribution in [0.5, 0.6) is 0 Å². The number of rotatable bonds is 3. The highest BCUT2D eigenvalue weighted by atomic mass is 35.5. The van der Waals surface area contributed by atoms with Crippen LogP contribution in [0.15, 0.2) is 0 Å². The predicted molar refractivity (Wildman–Crippen MR) is 73.3 cm³/mol. The Morgan fingerprint density at radius 1 is 1.28 bits per heavy atom. The molecule has 2 saturated heterocycles. The Bertz CT molecular complexity index is 276. The third-order valence-corrected chi connectivity index (χ3v) is 3.87. The molecular weight excluding hydrogens is 252 g/mol. The monoisotopic (exact) mass is 276 g/mol. The van der Waals surface area contributed by atoms with E-state index in [0.717, 1.165) is 39.3 Å². The molecule has 5 heteroatoms. The van der Waals surface area contributed by atoms with Crippen molar-refractivity contribution in [1.82, 2.24) is 9.80 Å². The van der Waals surface area contributed by atoms with Crippen LogP contribution in [0.3, 0.4) is 0 Å². The molecule has 0 N–H and O–H groups in total. The zero-order chi connectivity index (χ0) is 13.2. The van der Waals surface area contributed by atoms with E-state index in [1.165, 1.54) is 0 Å². The first-order valence-electron chi connectivity index (χ1n) is 6.75. The summed E-state index contributed by atoms with van der Waals surface area (Å²) < 4.78 is 11.8. The second-order valence-corrected chi connectivity index (χ2v) is 6.41. The molecule has 0 amide bonds. The van der Waals surface area contributed by atoms with Crippen LogP contribution in [0.4, 0.5) is 0 Å². The summed E-state index contributed by atoms with van der Waals surface area (Å²) in [5.41, 5.74) is -0.113. The number of hydrogen-bond donors (Lipinski definition) is 0. The molecule has 0 saturated carbocycles. The van der Waals surface area contributed by atoms with Crippen molar-refractivity contribution in [2.75, 3.05) is 52.3 Å². The minimum atomic E-state index is -0.113. The van der Waals surface area contributed by atoms with Crippen LogP contribution in [-0.2, 0) is 9.47 Å². The molecule has 0 aromatic heterocycles. The molecule has 0 radical (unpaired) electrons. The number of nitrogens with zero attached hydrogens (tertiary/aromatic N) is 2. The van der Waals surface area contributed by atoms with Crippen LogP contribution in [0.2, 0.25) is 0 Å². The van der Waals surface area contributed by atoms with Crippen LogP contribution >= 0.6 is 11.6 Å². The summed E-state index contributed by atoms with van der Waals surface area (Å²) in [6, 6.07) is 0. The van der Waals surface area contributed by atoms with E-state index in [0.29, 0.717) is 12.0 Å². The molecule has 4 nitrogen and oxygen atoms in total. The van der Waals surface area contributed by atoms with Crippen molar-refractivity contribution in [2.45, 2.75) is 31.7 Å². The Kier molecular flexibility index (Phi) is 4.89. The summed E-state index contributed by atoms with van der Waals surface area (Å²) >= 11 is 5.95. The van der Waals surface area contributed by atoms with Gasteiger partial charge in [-0.2, -0.15) is 0 Å². The fraction of sp³-hybridized carbons (Fsp3) is 1.00. The van der Waals surface area contributed by atoms with Crippen molar-refractivity contribution in [3.8, 4) is 0 Å². The largest absolute Gasteiger partial charge is 0.374 e. The first kappa shape index (κ1) is 14.5. The normalized spacial score (nSPS) is 34.7. The highest BCUT2D eigenvalue weighted by Crippen LogP contribution is 2.22. The number of hydrogen-bond acceptors (Lipinski definition) is 4. The average molecular weight is 277 g/mol. The topological polar surface area (TPSA) is 24.9 Å². The van der Waals surface area contributed by atoms with Crippen LogP contribution in [0.25, 0.3) is 0 Å². The molecule has 0 bridgehead atoms.